The van der Waals surface area contributed by atoms with Crippen molar-refractivity contribution >= 4 is 11.8 Å². The highest BCUT2D eigenvalue weighted by molar-refractivity contribution is 5.75. The lowest BCUT2D eigenvalue weighted by Gasteiger charge is -2.21. The van der Waals surface area contributed by atoms with Gasteiger partial charge >= 0.3 is 5.97 Å². The number of hydrogen-bond donors (Lipinski definition) is 0. The van der Waals surface area contributed by atoms with Gasteiger partial charge in [-0.15, -0.1) is 0 Å². The molecule has 0 bridgehead atoms. The first-order valence-corrected chi connectivity index (χ1v) is 5.98. The van der Waals surface area contributed by atoms with Gasteiger partial charge in [0.25, 0.3) is 0 Å². The Labute approximate surface area is 107 Å². The second kappa shape index (κ2) is 7.28. The van der Waals surface area contributed by atoms with E-state index in [4.69, 9.17) is 10.00 Å². The molecule has 0 aliphatic rings. The minimum absolute atomic E-state index is 0.181. The van der Waals surface area contributed by atoms with Crippen LogP contribution in [-0.4, -0.2) is 30.6 Å². The molecular weight excluding hydrogens is 230 g/mol. The van der Waals surface area contributed by atoms with Gasteiger partial charge in [0.1, 0.15) is 18.4 Å². The van der Waals surface area contributed by atoms with Gasteiger partial charge in [-0.2, -0.15) is 5.26 Å². The SMILES string of the molecule is CCCN(CC(=O)OCC)c1ccc(C#N)cn1. The molecule has 1 rings (SSSR count). The minimum Gasteiger partial charge on any atom is -0.465 e. The lowest BCUT2D eigenvalue weighted by Crippen LogP contribution is -2.32. The summed E-state index contributed by atoms with van der Waals surface area (Å²) in [4.78, 5) is 17.5. The summed E-state index contributed by atoms with van der Waals surface area (Å²) in [6, 6.07) is 5.45. The van der Waals surface area contributed by atoms with Crippen LogP contribution in [-0.2, 0) is 9.53 Å². The van der Waals surface area contributed by atoms with E-state index in [-0.39, 0.29) is 12.5 Å². The van der Waals surface area contributed by atoms with Gasteiger partial charge in [0.15, 0.2) is 0 Å². The maximum absolute atomic E-state index is 11.5. The molecule has 1 heterocycles. The number of hydrogen-bond acceptors (Lipinski definition) is 5. The van der Waals surface area contributed by atoms with Crippen LogP contribution in [0.15, 0.2) is 18.3 Å². The molecule has 0 aromatic carbocycles. The number of nitriles is 1. The first-order valence-electron chi connectivity index (χ1n) is 5.98. The van der Waals surface area contributed by atoms with Gasteiger partial charge in [0, 0.05) is 12.7 Å². The Morgan fingerprint density at radius 2 is 2.28 bits per heavy atom. The van der Waals surface area contributed by atoms with E-state index in [2.05, 4.69) is 4.98 Å². The number of esters is 1. The van der Waals surface area contributed by atoms with Gasteiger partial charge in [0.2, 0.25) is 0 Å². The molecule has 1 aromatic heterocycles. The fraction of sp³-hybridized carbons (Fsp3) is 0.462. The van der Waals surface area contributed by atoms with E-state index in [9.17, 15) is 4.79 Å². The van der Waals surface area contributed by atoms with E-state index in [1.54, 1.807) is 19.1 Å². The van der Waals surface area contributed by atoms with E-state index in [0.29, 0.717) is 18.0 Å². The number of rotatable bonds is 6. The van der Waals surface area contributed by atoms with E-state index < -0.39 is 0 Å². The van der Waals surface area contributed by atoms with Crippen LogP contribution in [0.25, 0.3) is 0 Å². The van der Waals surface area contributed by atoms with Crippen LogP contribution in [0.3, 0.4) is 0 Å². The van der Waals surface area contributed by atoms with E-state index >= 15 is 0 Å². The number of nitrogens with zero attached hydrogens (tertiary/aromatic N) is 3. The van der Waals surface area contributed by atoms with Crippen molar-refractivity contribution in [3.8, 4) is 6.07 Å². The zero-order valence-electron chi connectivity index (χ0n) is 10.7. The summed E-state index contributed by atoms with van der Waals surface area (Å²) in [7, 11) is 0. The zero-order valence-corrected chi connectivity index (χ0v) is 10.7. The van der Waals surface area contributed by atoms with Crippen LogP contribution >= 0.6 is 0 Å². The molecule has 0 saturated carbocycles. The molecular formula is C13H17N3O2. The predicted octanol–water partition coefficient (Wildman–Crippen LogP) is 1.73. The second-order valence-electron chi connectivity index (χ2n) is 3.74. The summed E-state index contributed by atoms with van der Waals surface area (Å²) in [6.45, 7) is 5.09. The molecule has 0 radical (unpaired) electrons. The Kier molecular flexibility index (Phi) is 5.65. The van der Waals surface area contributed by atoms with Crippen LogP contribution in [0.2, 0.25) is 0 Å². The molecule has 0 fully saturated rings. The third-order valence-electron chi connectivity index (χ3n) is 2.32. The zero-order chi connectivity index (χ0) is 13.4. The van der Waals surface area contributed by atoms with Crippen molar-refractivity contribution < 1.29 is 9.53 Å². The normalized spacial score (nSPS) is 9.61. The molecule has 0 saturated heterocycles. The highest BCUT2D eigenvalue weighted by atomic mass is 16.5. The summed E-state index contributed by atoms with van der Waals surface area (Å²) in [5, 5.41) is 8.71. The van der Waals surface area contributed by atoms with Crippen LogP contribution in [0.5, 0.6) is 0 Å². The Morgan fingerprint density at radius 3 is 2.78 bits per heavy atom. The minimum atomic E-state index is -0.267. The number of aromatic nitrogens is 1. The predicted molar refractivity (Wildman–Crippen MR) is 68.1 cm³/mol. The van der Waals surface area contributed by atoms with Gasteiger partial charge in [-0.1, -0.05) is 6.92 Å². The van der Waals surface area contributed by atoms with E-state index in [0.717, 1.165) is 13.0 Å². The largest absolute Gasteiger partial charge is 0.465 e. The van der Waals surface area contributed by atoms with Crippen LogP contribution in [0.1, 0.15) is 25.8 Å². The molecule has 0 spiro atoms. The van der Waals surface area contributed by atoms with Gasteiger partial charge in [-0.3, -0.25) is 4.79 Å². The Bertz CT molecular complexity index is 423. The number of carbonyl (C=O) groups excluding carboxylic acids is 1. The first-order chi connectivity index (χ1) is 8.71. The average Bonchev–Trinajstić information content (AvgIpc) is 2.39. The molecule has 0 amide bonds. The summed E-state index contributed by atoms with van der Waals surface area (Å²) < 4.78 is 4.92. The monoisotopic (exact) mass is 247 g/mol. The Morgan fingerprint density at radius 1 is 1.50 bits per heavy atom. The standard InChI is InChI=1S/C13H17N3O2/c1-3-7-16(10-13(17)18-4-2)12-6-5-11(8-14)9-15-12/h5-6,9H,3-4,7,10H2,1-2H3. The summed E-state index contributed by atoms with van der Waals surface area (Å²) in [6.07, 6.45) is 2.41. The molecule has 0 aliphatic carbocycles. The third kappa shape index (κ3) is 4.06. The van der Waals surface area contributed by atoms with E-state index in [1.807, 2.05) is 17.9 Å². The first kappa shape index (κ1) is 14.0. The van der Waals surface area contributed by atoms with Crippen LogP contribution < -0.4 is 4.90 Å². The Balaban J connectivity index is 2.76. The Hall–Kier alpha value is -2.09. The van der Waals surface area contributed by atoms with Crippen LogP contribution in [0, 0.1) is 11.3 Å². The molecule has 0 atom stereocenters. The second-order valence-corrected chi connectivity index (χ2v) is 3.74. The maximum Gasteiger partial charge on any atom is 0.325 e. The lowest BCUT2D eigenvalue weighted by atomic mass is 10.3. The molecule has 0 aliphatic heterocycles. The molecule has 18 heavy (non-hydrogen) atoms. The number of ether oxygens (including phenoxy) is 1. The van der Waals surface area contributed by atoms with Crippen molar-refractivity contribution in [2.45, 2.75) is 20.3 Å². The number of carbonyl (C=O) groups is 1. The smallest absolute Gasteiger partial charge is 0.325 e. The van der Waals surface area contributed by atoms with Crippen molar-refractivity contribution in [3.63, 3.8) is 0 Å². The van der Waals surface area contributed by atoms with Crippen molar-refractivity contribution in [1.29, 1.82) is 5.26 Å². The summed E-state index contributed by atoms with van der Waals surface area (Å²) in [5.74, 6) is 0.418. The highest BCUT2D eigenvalue weighted by Crippen LogP contribution is 2.11. The molecule has 96 valence electrons. The maximum atomic E-state index is 11.5. The van der Waals surface area contributed by atoms with Gasteiger partial charge < -0.3 is 9.64 Å². The van der Waals surface area contributed by atoms with Gasteiger partial charge in [-0.05, 0) is 25.5 Å². The third-order valence-corrected chi connectivity index (χ3v) is 2.32. The molecule has 0 N–H and O–H groups in total. The fourth-order valence-corrected chi connectivity index (χ4v) is 1.55. The van der Waals surface area contributed by atoms with Crippen molar-refractivity contribution in [2.24, 2.45) is 0 Å². The van der Waals surface area contributed by atoms with Crippen LogP contribution in [0.4, 0.5) is 5.82 Å². The van der Waals surface area contributed by atoms with Crippen molar-refractivity contribution in [3.05, 3.63) is 23.9 Å². The average molecular weight is 247 g/mol. The summed E-state index contributed by atoms with van der Waals surface area (Å²) in [5.41, 5.74) is 0.506. The number of pyridine rings is 1. The molecule has 0 unspecified atom stereocenters. The molecule has 5 nitrogen and oxygen atoms in total. The molecule has 1 aromatic rings. The van der Waals surface area contributed by atoms with Crippen molar-refractivity contribution in [1.82, 2.24) is 4.98 Å². The van der Waals surface area contributed by atoms with E-state index in [1.165, 1.54) is 6.20 Å². The van der Waals surface area contributed by atoms with Crippen molar-refractivity contribution in [2.75, 3.05) is 24.6 Å². The van der Waals surface area contributed by atoms with Gasteiger partial charge in [-0.25, -0.2) is 4.98 Å². The quantitative estimate of drug-likeness (QED) is 0.716. The molecule has 5 heteroatoms. The highest BCUT2D eigenvalue weighted by Gasteiger charge is 2.12. The fourth-order valence-electron chi connectivity index (χ4n) is 1.55. The number of anilines is 1. The lowest BCUT2D eigenvalue weighted by molar-refractivity contribution is -0.141. The summed E-state index contributed by atoms with van der Waals surface area (Å²) >= 11 is 0. The topological polar surface area (TPSA) is 66.2 Å². The van der Waals surface area contributed by atoms with Gasteiger partial charge in [0.05, 0.1) is 12.2 Å².